The van der Waals surface area contributed by atoms with E-state index in [4.69, 9.17) is 0 Å². The van der Waals surface area contributed by atoms with Gasteiger partial charge in [0.15, 0.2) is 0 Å². The highest BCUT2D eigenvalue weighted by Crippen LogP contribution is 2.26. The Morgan fingerprint density at radius 1 is 1.30 bits per heavy atom. The van der Waals surface area contributed by atoms with Crippen molar-refractivity contribution in [2.75, 3.05) is 19.6 Å². The number of rotatable bonds is 6. The Hall–Kier alpha value is -1.35. The van der Waals surface area contributed by atoms with E-state index >= 15 is 0 Å². The lowest BCUT2D eigenvalue weighted by Crippen LogP contribution is -2.36. The number of likely N-dealkylation sites (N-methyl/N-ethyl adjacent to an activating group) is 1. The average molecular weight is 274 g/mol. The van der Waals surface area contributed by atoms with E-state index in [2.05, 4.69) is 50.4 Å². The molecule has 1 aromatic carbocycles. The number of likely N-dealkylation sites (tertiary alicyclic amines) is 1. The summed E-state index contributed by atoms with van der Waals surface area (Å²) >= 11 is 0. The van der Waals surface area contributed by atoms with Gasteiger partial charge in [0.05, 0.1) is 0 Å². The minimum absolute atomic E-state index is 0.232. The molecule has 1 aromatic rings. The fourth-order valence-electron chi connectivity index (χ4n) is 2.87. The summed E-state index contributed by atoms with van der Waals surface area (Å²) in [4.78, 5) is 14.2. The van der Waals surface area contributed by atoms with Crippen LogP contribution in [0.4, 0.5) is 0 Å². The lowest BCUT2D eigenvalue weighted by molar-refractivity contribution is -0.128. The second kappa shape index (κ2) is 6.89. The van der Waals surface area contributed by atoms with Crippen molar-refractivity contribution < 1.29 is 4.79 Å². The fraction of sp³-hybridized carbons (Fsp3) is 0.588. The zero-order valence-corrected chi connectivity index (χ0v) is 12.8. The molecule has 0 saturated carbocycles. The van der Waals surface area contributed by atoms with Gasteiger partial charge in [0, 0.05) is 25.6 Å². The van der Waals surface area contributed by atoms with Crippen LogP contribution in [-0.2, 0) is 4.79 Å². The van der Waals surface area contributed by atoms with E-state index in [0.717, 1.165) is 19.6 Å². The first-order valence-corrected chi connectivity index (χ1v) is 7.68. The molecule has 1 amide bonds. The third-order valence-corrected chi connectivity index (χ3v) is 4.24. The lowest BCUT2D eigenvalue weighted by atomic mass is 9.95. The molecule has 1 aliphatic heterocycles. The van der Waals surface area contributed by atoms with Crippen LogP contribution in [0, 0.1) is 11.8 Å². The number of nitrogens with one attached hydrogen (secondary N) is 1. The third-order valence-electron chi connectivity index (χ3n) is 4.24. The highest BCUT2D eigenvalue weighted by atomic mass is 16.2. The SMILES string of the molecule is CCNC(CN1CC(C(C)C)CC1=O)c1ccccc1. The van der Waals surface area contributed by atoms with Crippen LogP contribution < -0.4 is 5.32 Å². The molecule has 0 aliphatic carbocycles. The average Bonchev–Trinajstić information content (AvgIpc) is 2.81. The molecule has 1 N–H and O–H groups in total. The molecule has 0 spiro atoms. The summed E-state index contributed by atoms with van der Waals surface area (Å²) in [5.41, 5.74) is 1.26. The maximum Gasteiger partial charge on any atom is 0.222 e. The fourth-order valence-corrected chi connectivity index (χ4v) is 2.87. The molecular formula is C17H26N2O. The maximum atomic E-state index is 12.2. The minimum atomic E-state index is 0.232. The first kappa shape index (κ1) is 15.0. The van der Waals surface area contributed by atoms with Gasteiger partial charge >= 0.3 is 0 Å². The van der Waals surface area contributed by atoms with E-state index in [0.29, 0.717) is 24.2 Å². The van der Waals surface area contributed by atoms with Gasteiger partial charge in [-0.15, -0.1) is 0 Å². The molecule has 3 nitrogen and oxygen atoms in total. The summed E-state index contributed by atoms with van der Waals surface area (Å²) < 4.78 is 0. The number of carbonyl (C=O) groups is 1. The van der Waals surface area contributed by atoms with Crippen molar-refractivity contribution in [1.29, 1.82) is 0 Å². The van der Waals surface area contributed by atoms with Crippen molar-refractivity contribution in [3.63, 3.8) is 0 Å². The molecule has 20 heavy (non-hydrogen) atoms. The maximum absolute atomic E-state index is 12.2. The number of amides is 1. The topological polar surface area (TPSA) is 32.3 Å². The van der Waals surface area contributed by atoms with Crippen LogP contribution in [0.2, 0.25) is 0 Å². The molecule has 2 unspecified atom stereocenters. The molecule has 2 atom stereocenters. The monoisotopic (exact) mass is 274 g/mol. The normalized spacial score (nSPS) is 20.7. The van der Waals surface area contributed by atoms with Crippen LogP contribution in [0.25, 0.3) is 0 Å². The Morgan fingerprint density at radius 3 is 2.55 bits per heavy atom. The van der Waals surface area contributed by atoms with Crippen LogP contribution in [-0.4, -0.2) is 30.4 Å². The number of carbonyl (C=O) groups excluding carboxylic acids is 1. The number of nitrogens with zero attached hydrogens (tertiary/aromatic N) is 1. The molecule has 1 fully saturated rings. The standard InChI is InChI=1S/C17H26N2O/c1-4-18-16(14-8-6-5-7-9-14)12-19-11-15(13(2)3)10-17(19)20/h5-9,13,15-16,18H,4,10-12H2,1-3H3. The second-order valence-corrected chi connectivity index (χ2v) is 6.03. The van der Waals surface area contributed by atoms with E-state index in [1.165, 1.54) is 5.56 Å². The molecule has 2 rings (SSSR count). The lowest BCUT2D eigenvalue weighted by Gasteiger charge is -2.25. The molecule has 110 valence electrons. The van der Waals surface area contributed by atoms with Gasteiger partial charge in [0.1, 0.15) is 0 Å². The smallest absolute Gasteiger partial charge is 0.222 e. The van der Waals surface area contributed by atoms with E-state index in [1.54, 1.807) is 0 Å². The van der Waals surface area contributed by atoms with Gasteiger partial charge in [-0.25, -0.2) is 0 Å². The third kappa shape index (κ3) is 3.60. The van der Waals surface area contributed by atoms with Crippen molar-refractivity contribution >= 4 is 5.91 Å². The van der Waals surface area contributed by atoms with Gasteiger partial charge in [-0.05, 0) is 23.9 Å². The predicted molar refractivity (Wildman–Crippen MR) is 82.4 cm³/mol. The highest BCUT2D eigenvalue weighted by molar-refractivity contribution is 5.78. The van der Waals surface area contributed by atoms with Crippen LogP contribution >= 0.6 is 0 Å². The van der Waals surface area contributed by atoms with Gasteiger partial charge in [-0.2, -0.15) is 0 Å². The Balaban J connectivity index is 2.04. The van der Waals surface area contributed by atoms with Crippen molar-refractivity contribution in [2.24, 2.45) is 11.8 Å². The van der Waals surface area contributed by atoms with E-state index in [9.17, 15) is 4.79 Å². The Labute approximate surface area is 122 Å². The molecule has 0 bridgehead atoms. The first-order valence-electron chi connectivity index (χ1n) is 7.68. The van der Waals surface area contributed by atoms with Gasteiger partial charge in [0.25, 0.3) is 0 Å². The summed E-state index contributed by atoms with van der Waals surface area (Å²) in [6.45, 7) is 9.12. The van der Waals surface area contributed by atoms with E-state index in [-0.39, 0.29) is 6.04 Å². The summed E-state index contributed by atoms with van der Waals surface area (Å²) in [6.07, 6.45) is 0.714. The summed E-state index contributed by atoms with van der Waals surface area (Å²) in [7, 11) is 0. The van der Waals surface area contributed by atoms with Crippen LogP contribution in [0.5, 0.6) is 0 Å². The minimum Gasteiger partial charge on any atom is -0.340 e. The van der Waals surface area contributed by atoms with Crippen molar-refractivity contribution in [3.8, 4) is 0 Å². The van der Waals surface area contributed by atoms with Gasteiger partial charge < -0.3 is 10.2 Å². The first-order chi connectivity index (χ1) is 9.61. The summed E-state index contributed by atoms with van der Waals surface area (Å²) in [6, 6.07) is 10.6. The van der Waals surface area contributed by atoms with Crippen LogP contribution in [0.1, 0.15) is 38.8 Å². The van der Waals surface area contributed by atoms with E-state index < -0.39 is 0 Å². The summed E-state index contributed by atoms with van der Waals surface area (Å²) in [5, 5.41) is 3.50. The quantitative estimate of drug-likeness (QED) is 0.865. The number of hydrogen-bond acceptors (Lipinski definition) is 2. The van der Waals surface area contributed by atoms with Gasteiger partial charge in [0.2, 0.25) is 5.91 Å². The summed E-state index contributed by atoms with van der Waals surface area (Å²) in [5.74, 6) is 1.40. The van der Waals surface area contributed by atoms with Crippen molar-refractivity contribution in [1.82, 2.24) is 10.2 Å². The Bertz CT molecular complexity index is 430. The van der Waals surface area contributed by atoms with Crippen molar-refractivity contribution in [3.05, 3.63) is 35.9 Å². The predicted octanol–water partition coefficient (Wildman–Crippen LogP) is 2.84. The van der Waals surface area contributed by atoms with E-state index in [1.807, 2.05) is 11.0 Å². The highest BCUT2D eigenvalue weighted by Gasteiger charge is 2.32. The zero-order valence-electron chi connectivity index (χ0n) is 12.8. The Kier molecular flexibility index (Phi) is 5.18. The Morgan fingerprint density at radius 2 is 2.00 bits per heavy atom. The second-order valence-electron chi connectivity index (χ2n) is 6.03. The largest absolute Gasteiger partial charge is 0.340 e. The van der Waals surface area contributed by atoms with Gasteiger partial charge in [-0.3, -0.25) is 4.79 Å². The molecule has 1 saturated heterocycles. The van der Waals surface area contributed by atoms with Crippen LogP contribution in [0.15, 0.2) is 30.3 Å². The number of benzene rings is 1. The van der Waals surface area contributed by atoms with Gasteiger partial charge in [-0.1, -0.05) is 51.1 Å². The zero-order chi connectivity index (χ0) is 14.5. The molecule has 3 heteroatoms. The van der Waals surface area contributed by atoms with Crippen LogP contribution in [0.3, 0.4) is 0 Å². The molecule has 1 aliphatic rings. The number of hydrogen-bond donors (Lipinski definition) is 1. The molecule has 1 heterocycles. The molecule has 0 aromatic heterocycles. The van der Waals surface area contributed by atoms with Crippen molar-refractivity contribution in [2.45, 2.75) is 33.2 Å². The molecular weight excluding hydrogens is 248 g/mol. The molecule has 0 radical (unpaired) electrons.